The molecule has 1 amide bonds. The number of carbonyl (C=O) groups excluding carboxylic acids is 1. The number of aliphatic hydroxyl groups excluding tert-OH is 1. The monoisotopic (exact) mass is 244 g/mol. The molecule has 0 atom stereocenters. The number of amides is 1. The van der Waals surface area contributed by atoms with Gasteiger partial charge in [-0.05, 0) is 24.8 Å². The second kappa shape index (κ2) is 8.48. The SMILES string of the molecule is CC(C)NCCCC(=O)NCC(C)(C)CCO. The highest BCUT2D eigenvalue weighted by atomic mass is 16.3. The minimum absolute atomic E-state index is 0.0272. The molecule has 3 N–H and O–H groups in total. The van der Waals surface area contributed by atoms with E-state index >= 15 is 0 Å². The summed E-state index contributed by atoms with van der Waals surface area (Å²) in [6.07, 6.45) is 2.14. The van der Waals surface area contributed by atoms with Crippen LogP contribution in [0.15, 0.2) is 0 Å². The molecule has 0 aromatic rings. The zero-order chi connectivity index (χ0) is 13.3. The molecule has 17 heavy (non-hydrogen) atoms. The summed E-state index contributed by atoms with van der Waals surface area (Å²) in [6.45, 7) is 9.96. The van der Waals surface area contributed by atoms with Crippen molar-refractivity contribution in [2.24, 2.45) is 5.41 Å². The van der Waals surface area contributed by atoms with E-state index < -0.39 is 0 Å². The predicted molar refractivity (Wildman–Crippen MR) is 70.9 cm³/mol. The van der Waals surface area contributed by atoms with Gasteiger partial charge < -0.3 is 15.7 Å². The molecule has 0 spiro atoms. The van der Waals surface area contributed by atoms with E-state index in [1.807, 2.05) is 13.8 Å². The summed E-state index contributed by atoms with van der Waals surface area (Å²) >= 11 is 0. The molecule has 0 radical (unpaired) electrons. The molecule has 0 bridgehead atoms. The average molecular weight is 244 g/mol. The molecule has 102 valence electrons. The Morgan fingerprint density at radius 3 is 2.53 bits per heavy atom. The Bertz CT molecular complexity index is 215. The van der Waals surface area contributed by atoms with E-state index in [4.69, 9.17) is 5.11 Å². The smallest absolute Gasteiger partial charge is 0.220 e. The Kier molecular flexibility index (Phi) is 8.17. The van der Waals surface area contributed by atoms with Crippen LogP contribution < -0.4 is 10.6 Å². The molecule has 0 saturated carbocycles. The van der Waals surface area contributed by atoms with Crippen LogP contribution in [0, 0.1) is 5.41 Å². The van der Waals surface area contributed by atoms with E-state index in [0.29, 0.717) is 25.4 Å². The van der Waals surface area contributed by atoms with Crippen LogP contribution in [-0.4, -0.2) is 36.8 Å². The second-order valence-electron chi connectivity index (χ2n) is 5.63. The highest BCUT2D eigenvalue weighted by molar-refractivity contribution is 5.75. The normalized spacial score (nSPS) is 11.9. The van der Waals surface area contributed by atoms with Crippen molar-refractivity contribution in [2.75, 3.05) is 19.7 Å². The van der Waals surface area contributed by atoms with Crippen LogP contribution in [0.5, 0.6) is 0 Å². The first-order chi connectivity index (χ1) is 7.87. The van der Waals surface area contributed by atoms with Gasteiger partial charge in [-0.15, -0.1) is 0 Å². The highest BCUT2D eigenvalue weighted by Crippen LogP contribution is 2.17. The number of rotatable bonds is 9. The summed E-state index contributed by atoms with van der Waals surface area (Å²) in [5.41, 5.74) is -0.0272. The van der Waals surface area contributed by atoms with E-state index in [1.54, 1.807) is 0 Å². The minimum atomic E-state index is -0.0272. The highest BCUT2D eigenvalue weighted by Gasteiger charge is 2.17. The molecule has 0 aromatic carbocycles. The number of aliphatic hydroxyl groups is 1. The summed E-state index contributed by atoms with van der Waals surface area (Å²) in [5.74, 6) is 0.0987. The number of carbonyl (C=O) groups is 1. The third-order valence-corrected chi connectivity index (χ3v) is 2.69. The maximum absolute atomic E-state index is 11.5. The van der Waals surface area contributed by atoms with Crippen molar-refractivity contribution in [3.05, 3.63) is 0 Å². The fourth-order valence-corrected chi connectivity index (χ4v) is 1.46. The fraction of sp³-hybridized carbons (Fsp3) is 0.923. The Hall–Kier alpha value is -0.610. The van der Waals surface area contributed by atoms with Crippen molar-refractivity contribution < 1.29 is 9.90 Å². The minimum Gasteiger partial charge on any atom is -0.396 e. The molecule has 0 aliphatic rings. The van der Waals surface area contributed by atoms with Crippen molar-refractivity contribution in [2.45, 2.75) is 53.0 Å². The molecular formula is C13H28N2O2. The predicted octanol–water partition coefficient (Wildman–Crippen LogP) is 1.29. The van der Waals surface area contributed by atoms with Gasteiger partial charge in [-0.3, -0.25) is 4.79 Å². The zero-order valence-corrected chi connectivity index (χ0v) is 11.7. The first kappa shape index (κ1) is 16.4. The van der Waals surface area contributed by atoms with E-state index in [0.717, 1.165) is 13.0 Å². The first-order valence-electron chi connectivity index (χ1n) is 6.48. The molecule has 0 aliphatic heterocycles. The van der Waals surface area contributed by atoms with Crippen LogP contribution in [0.25, 0.3) is 0 Å². The lowest BCUT2D eigenvalue weighted by atomic mass is 9.90. The third kappa shape index (κ3) is 10.3. The number of nitrogens with one attached hydrogen (secondary N) is 2. The Morgan fingerprint density at radius 1 is 1.35 bits per heavy atom. The molecule has 0 saturated heterocycles. The summed E-state index contributed by atoms with van der Waals surface area (Å²) < 4.78 is 0. The van der Waals surface area contributed by atoms with Crippen LogP contribution in [0.2, 0.25) is 0 Å². The van der Waals surface area contributed by atoms with E-state index in [1.165, 1.54) is 0 Å². The van der Waals surface area contributed by atoms with Gasteiger partial charge in [0.25, 0.3) is 0 Å². The average Bonchev–Trinajstić information content (AvgIpc) is 2.21. The van der Waals surface area contributed by atoms with Crippen LogP contribution in [0.3, 0.4) is 0 Å². The van der Waals surface area contributed by atoms with E-state index in [-0.39, 0.29) is 17.9 Å². The molecule has 0 heterocycles. The fourth-order valence-electron chi connectivity index (χ4n) is 1.46. The van der Waals surface area contributed by atoms with Gasteiger partial charge in [0.1, 0.15) is 0 Å². The molecular weight excluding hydrogens is 216 g/mol. The van der Waals surface area contributed by atoms with Gasteiger partial charge in [0, 0.05) is 25.6 Å². The molecule has 0 rings (SSSR count). The summed E-state index contributed by atoms with van der Waals surface area (Å²) in [7, 11) is 0. The maximum Gasteiger partial charge on any atom is 0.220 e. The van der Waals surface area contributed by atoms with Crippen molar-refractivity contribution in [3.8, 4) is 0 Å². The van der Waals surface area contributed by atoms with E-state index in [9.17, 15) is 4.79 Å². The Morgan fingerprint density at radius 2 is 2.00 bits per heavy atom. The Balaban J connectivity index is 3.59. The topological polar surface area (TPSA) is 61.4 Å². The quantitative estimate of drug-likeness (QED) is 0.536. The molecule has 4 nitrogen and oxygen atoms in total. The van der Waals surface area contributed by atoms with Gasteiger partial charge in [0.15, 0.2) is 0 Å². The lowest BCUT2D eigenvalue weighted by Gasteiger charge is -2.23. The van der Waals surface area contributed by atoms with Gasteiger partial charge >= 0.3 is 0 Å². The second-order valence-corrected chi connectivity index (χ2v) is 5.63. The molecule has 4 heteroatoms. The van der Waals surface area contributed by atoms with Crippen molar-refractivity contribution in [1.29, 1.82) is 0 Å². The molecule has 0 unspecified atom stereocenters. The molecule has 0 fully saturated rings. The van der Waals surface area contributed by atoms with Crippen molar-refractivity contribution in [1.82, 2.24) is 10.6 Å². The maximum atomic E-state index is 11.5. The van der Waals surface area contributed by atoms with Gasteiger partial charge in [-0.1, -0.05) is 27.7 Å². The first-order valence-corrected chi connectivity index (χ1v) is 6.48. The van der Waals surface area contributed by atoms with Crippen molar-refractivity contribution >= 4 is 5.91 Å². The van der Waals surface area contributed by atoms with Gasteiger partial charge in [-0.25, -0.2) is 0 Å². The van der Waals surface area contributed by atoms with E-state index in [2.05, 4.69) is 24.5 Å². The zero-order valence-electron chi connectivity index (χ0n) is 11.7. The lowest BCUT2D eigenvalue weighted by Crippen LogP contribution is -2.35. The van der Waals surface area contributed by atoms with Crippen LogP contribution in [-0.2, 0) is 4.79 Å². The van der Waals surface area contributed by atoms with Crippen LogP contribution in [0.1, 0.15) is 47.0 Å². The van der Waals surface area contributed by atoms with Gasteiger partial charge in [0.05, 0.1) is 0 Å². The van der Waals surface area contributed by atoms with Crippen LogP contribution in [0.4, 0.5) is 0 Å². The third-order valence-electron chi connectivity index (χ3n) is 2.69. The van der Waals surface area contributed by atoms with Gasteiger partial charge in [0.2, 0.25) is 5.91 Å². The van der Waals surface area contributed by atoms with Gasteiger partial charge in [-0.2, -0.15) is 0 Å². The standard InChI is InChI=1S/C13H28N2O2/c1-11(2)14-8-5-6-12(17)15-10-13(3,4)7-9-16/h11,14,16H,5-10H2,1-4H3,(H,15,17). The molecule has 0 aliphatic carbocycles. The largest absolute Gasteiger partial charge is 0.396 e. The lowest BCUT2D eigenvalue weighted by molar-refractivity contribution is -0.121. The Labute approximate surface area is 105 Å². The number of hydrogen-bond donors (Lipinski definition) is 3. The summed E-state index contributed by atoms with van der Waals surface area (Å²) in [6, 6.07) is 0.474. The molecule has 0 aromatic heterocycles. The summed E-state index contributed by atoms with van der Waals surface area (Å²) in [5, 5.41) is 15.1. The van der Waals surface area contributed by atoms with Crippen molar-refractivity contribution in [3.63, 3.8) is 0 Å². The van der Waals surface area contributed by atoms with Crippen LogP contribution >= 0.6 is 0 Å². The number of hydrogen-bond acceptors (Lipinski definition) is 3. The summed E-state index contributed by atoms with van der Waals surface area (Å²) in [4.78, 5) is 11.5.